The highest BCUT2D eigenvalue weighted by atomic mass is 16.5. The van der Waals surface area contributed by atoms with Gasteiger partial charge in [-0.3, -0.25) is 0 Å². The monoisotopic (exact) mass is 332 g/mol. The van der Waals surface area contributed by atoms with E-state index < -0.39 is 5.76 Å². The van der Waals surface area contributed by atoms with Crippen LogP contribution in [0.15, 0.2) is 27.4 Å². The van der Waals surface area contributed by atoms with Crippen molar-refractivity contribution in [3.8, 4) is 5.75 Å². The molecule has 0 aliphatic carbocycles. The Labute approximate surface area is 143 Å². The molecular weight excluding hydrogens is 304 g/mol. The number of benzene rings is 1. The van der Waals surface area contributed by atoms with Crippen molar-refractivity contribution >= 4 is 11.0 Å². The Balaban J connectivity index is 0.00000100. The molecule has 0 amide bonds. The summed E-state index contributed by atoms with van der Waals surface area (Å²) >= 11 is 0. The molecule has 3 rings (SSSR count). The van der Waals surface area contributed by atoms with Gasteiger partial charge in [0.1, 0.15) is 0 Å². The summed E-state index contributed by atoms with van der Waals surface area (Å²) in [6.07, 6.45) is 2.31. The van der Waals surface area contributed by atoms with Crippen LogP contribution in [0.5, 0.6) is 5.75 Å². The molecule has 1 aliphatic heterocycles. The Morgan fingerprint density at radius 1 is 1.29 bits per heavy atom. The van der Waals surface area contributed by atoms with E-state index in [0.717, 1.165) is 37.9 Å². The SMILES string of the molecule is CC.CCN1CCC(COc2cccc3c(C)nc(=O)oc23)CC1. The molecule has 0 bridgehead atoms. The van der Waals surface area contributed by atoms with Gasteiger partial charge in [-0.2, -0.15) is 4.98 Å². The quantitative estimate of drug-likeness (QED) is 0.855. The van der Waals surface area contributed by atoms with Gasteiger partial charge in [0, 0.05) is 5.39 Å². The van der Waals surface area contributed by atoms with Crippen LogP contribution in [0.3, 0.4) is 0 Å². The summed E-state index contributed by atoms with van der Waals surface area (Å²) in [5.41, 5.74) is 1.18. The van der Waals surface area contributed by atoms with E-state index >= 15 is 0 Å². The number of nitrogens with zero attached hydrogens (tertiary/aromatic N) is 2. The number of rotatable bonds is 4. The molecule has 24 heavy (non-hydrogen) atoms. The van der Waals surface area contributed by atoms with E-state index in [1.54, 1.807) is 0 Å². The number of hydrogen-bond acceptors (Lipinski definition) is 5. The van der Waals surface area contributed by atoms with Crippen molar-refractivity contribution < 1.29 is 9.15 Å². The molecule has 0 spiro atoms. The maximum Gasteiger partial charge on any atom is 0.439 e. The number of hydrogen-bond donors (Lipinski definition) is 0. The molecule has 2 aromatic rings. The Morgan fingerprint density at radius 3 is 2.67 bits per heavy atom. The maximum absolute atomic E-state index is 11.5. The lowest BCUT2D eigenvalue weighted by atomic mass is 9.98. The van der Waals surface area contributed by atoms with Crippen molar-refractivity contribution in [1.29, 1.82) is 0 Å². The molecule has 1 aliphatic rings. The molecule has 1 fully saturated rings. The van der Waals surface area contributed by atoms with Crippen LogP contribution in [0.25, 0.3) is 11.0 Å². The molecule has 1 saturated heterocycles. The van der Waals surface area contributed by atoms with E-state index in [4.69, 9.17) is 9.15 Å². The van der Waals surface area contributed by atoms with Crippen molar-refractivity contribution in [2.45, 2.75) is 40.5 Å². The van der Waals surface area contributed by atoms with Crippen LogP contribution in [0.4, 0.5) is 0 Å². The molecule has 0 N–H and O–H groups in total. The van der Waals surface area contributed by atoms with E-state index in [1.807, 2.05) is 39.0 Å². The predicted octanol–water partition coefficient (Wildman–Crippen LogP) is 3.63. The number of fused-ring (bicyclic) bond motifs is 1. The predicted molar refractivity (Wildman–Crippen MR) is 96.7 cm³/mol. The summed E-state index contributed by atoms with van der Waals surface area (Å²) in [4.78, 5) is 17.8. The second-order valence-electron chi connectivity index (χ2n) is 5.89. The maximum atomic E-state index is 11.5. The van der Waals surface area contributed by atoms with Gasteiger partial charge in [0.15, 0.2) is 11.3 Å². The molecule has 132 valence electrons. The summed E-state index contributed by atoms with van der Waals surface area (Å²) < 4.78 is 11.2. The average Bonchev–Trinajstić information content (AvgIpc) is 2.62. The first-order valence-electron chi connectivity index (χ1n) is 8.93. The van der Waals surface area contributed by atoms with Gasteiger partial charge in [-0.25, -0.2) is 4.79 Å². The van der Waals surface area contributed by atoms with Crippen molar-refractivity contribution in [3.63, 3.8) is 0 Å². The van der Waals surface area contributed by atoms with Gasteiger partial charge in [0.05, 0.1) is 12.3 Å². The summed E-state index contributed by atoms with van der Waals surface area (Å²) in [6.45, 7) is 12.1. The van der Waals surface area contributed by atoms with Gasteiger partial charge in [0.25, 0.3) is 0 Å². The van der Waals surface area contributed by atoms with Gasteiger partial charge >= 0.3 is 5.76 Å². The fraction of sp³-hybridized carbons (Fsp3) is 0.579. The Morgan fingerprint density at radius 2 is 2.00 bits per heavy atom. The summed E-state index contributed by atoms with van der Waals surface area (Å²) in [7, 11) is 0. The lowest BCUT2D eigenvalue weighted by Gasteiger charge is -2.30. The molecule has 5 heteroatoms. The van der Waals surface area contributed by atoms with Crippen LogP contribution < -0.4 is 10.5 Å². The third-order valence-electron chi connectivity index (χ3n) is 4.45. The van der Waals surface area contributed by atoms with Crippen LogP contribution in [0.2, 0.25) is 0 Å². The zero-order valence-corrected chi connectivity index (χ0v) is 15.2. The summed E-state index contributed by atoms with van der Waals surface area (Å²) in [6, 6.07) is 5.66. The first kappa shape index (κ1) is 18.5. The standard InChI is InChI=1S/C17H22N2O3.C2H6/c1-3-19-9-7-13(8-10-19)11-21-15-6-4-5-14-12(2)18-17(20)22-16(14)15;1-2/h4-6,13H,3,7-11H2,1-2H3;1-2H3. The number of piperidine rings is 1. The molecule has 1 aromatic heterocycles. The number of aromatic nitrogens is 1. The Bertz CT molecular complexity index is 703. The lowest BCUT2D eigenvalue weighted by Crippen LogP contribution is -2.35. The average molecular weight is 332 g/mol. The third-order valence-corrected chi connectivity index (χ3v) is 4.45. The first-order chi connectivity index (χ1) is 11.7. The van der Waals surface area contributed by atoms with Crippen LogP contribution in [-0.4, -0.2) is 36.1 Å². The highest BCUT2D eigenvalue weighted by Crippen LogP contribution is 2.27. The van der Waals surface area contributed by atoms with Crippen LogP contribution in [-0.2, 0) is 0 Å². The first-order valence-corrected chi connectivity index (χ1v) is 8.93. The van der Waals surface area contributed by atoms with Gasteiger partial charge in [-0.1, -0.05) is 26.8 Å². The van der Waals surface area contributed by atoms with Gasteiger partial charge in [0.2, 0.25) is 0 Å². The normalized spacial score (nSPS) is 15.8. The summed E-state index contributed by atoms with van der Waals surface area (Å²) in [5.74, 6) is 0.628. The second kappa shape index (κ2) is 8.83. The van der Waals surface area contributed by atoms with E-state index in [1.165, 1.54) is 0 Å². The van der Waals surface area contributed by atoms with Crippen molar-refractivity contribution in [2.24, 2.45) is 5.92 Å². The number of para-hydroxylation sites is 1. The van der Waals surface area contributed by atoms with Gasteiger partial charge in [-0.15, -0.1) is 0 Å². The van der Waals surface area contributed by atoms with Gasteiger partial charge < -0.3 is 14.1 Å². The molecule has 0 radical (unpaired) electrons. The van der Waals surface area contributed by atoms with E-state index in [0.29, 0.717) is 29.6 Å². The molecule has 0 saturated carbocycles. The molecule has 2 heterocycles. The molecular formula is C19H28N2O3. The van der Waals surface area contributed by atoms with E-state index in [9.17, 15) is 4.79 Å². The topological polar surface area (TPSA) is 55.6 Å². The Kier molecular flexibility index (Phi) is 6.79. The minimum Gasteiger partial charge on any atom is -0.489 e. The van der Waals surface area contributed by atoms with Gasteiger partial charge in [-0.05, 0) is 57.5 Å². The summed E-state index contributed by atoms with van der Waals surface area (Å²) in [5, 5.41) is 0.831. The Hall–Kier alpha value is -1.88. The zero-order valence-electron chi connectivity index (χ0n) is 15.2. The van der Waals surface area contributed by atoms with Crippen molar-refractivity contribution in [2.75, 3.05) is 26.2 Å². The van der Waals surface area contributed by atoms with Crippen LogP contribution >= 0.6 is 0 Å². The third kappa shape index (κ3) is 4.35. The number of likely N-dealkylation sites (tertiary alicyclic amines) is 1. The molecule has 5 nitrogen and oxygen atoms in total. The van der Waals surface area contributed by atoms with E-state index in [-0.39, 0.29) is 0 Å². The minimum atomic E-state index is -0.572. The fourth-order valence-electron chi connectivity index (χ4n) is 3.00. The number of aryl methyl sites for hydroxylation is 1. The van der Waals surface area contributed by atoms with Crippen molar-refractivity contribution in [1.82, 2.24) is 9.88 Å². The smallest absolute Gasteiger partial charge is 0.439 e. The van der Waals surface area contributed by atoms with Crippen LogP contribution in [0, 0.1) is 12.8 Å². The van der Waals surface area contributed by atoms with E-state index in [2.05, 4.69) is 16.8 Å². The second-order valence-corrected chi connectivity index (χ2v) is 5.89. The molecule has 0 atom stereocenters. The minimum absolute atomic E-state index is 0.506. The van der Waals surface area contributed by atoms with Crippen molar-refractivity contribution in [3.05, 3.63) is 34.4 Å². The largest absolute Gasteiger partial charge is 0.489 e. The fourth-order valence-corrected chi connectivity index (χ4v) is 3.00. The lowest BCUT2D eigenvalue weighted by molar-refractivity contribution is 0.146. The number of ether oxygens (including phenoxy) is 1. The highest BCUT2D eigenvalue weighted by Gasteiger charge is 2.19. The highest BCUT2D eigenvalue weighted by molar-refractivity contribution is 5.84. The molecule has 0 unspecified atom stereocenters. The molecule has 1 aromatic carbocycles. The zero-order chi connectivity index (χ0) is 17.5. The van der Waals surface area contributed by atoms with Crippen LogP contribution in [0.1, 0.15) is 39.3 Å².